The van der Waals surface area contributed by atoms with E-state index in [4.69, 9.17) is 0 Å². The molecule has 0 amide bonds. The zero-order valence-corrected chi connectivity index (χ0v) is 6.70. The summed E-state index contributed by atoms with van der Waals surface area (Å²) in [7, 11) is 1.97. The first-order chi connectivity index (χ1) is 5.30. The first kappa shape index (κ1) is 7.79. The lowest BCUT2D eigenvalue weighted by molar-refractivity contribution is 0.449. The molecule has 0 saturated heterocycles. The Balaban J connectivity index is 2.73. The number of aliphatic imine (C=N–C) groups is 1. The van der Waals surface area contributed by atoms with Gasteiger partial charge in [0, 0.05) is 19.0 Å². The molecule has 0 aromatic carbocycles. The van der Waals surface area contributed by atoms with Crippen LogP contribution < -0.4 is 0 Å². The largest absolute Gasteiger partial charge is 0.356 e. The van der Waals surface area contributed by atoms with E-state index in [1.54, 1.807) is 6.21 Å². The summed E-state index contributed by atoms with van der Waals surface area (Å²) in [5, 5.41) is 0. The normalized spacial score (nSPS) is 26.6. The van der Waals surface area contributed by atoms with Gasteiger partial charge in [0.15, 0.2) is 0 Å². The molecule has 0 aromatic rings. The minimum absolute atomic E-state index is 0.674. The lowest BCUT2D eigenvalue weighted by atomic mass is 10.4. The van der Waals surface area contributed by atoms with Gasteiger partial charge in [0.2, 0.25) is 0 Å². The second-order valence-corrected chi connectivity index (χ2v) is 2.41. The summed E-state index contributed by atoms with van der Waals surface area (Å²) >= 11 is 0. The molecule has 0 aliphatic carbocycles. The van der Waals surface area contributed by atoms with Crippen LogP contribution in [-0.2, 0) is 0 Å². The third-order valence-corrected chi connectivity index (χ3v) is 1.49. The van der Waals surface area contributed by atoms with Crippen LogP contribution in [0.4, 0.5) is 0 Å². The molecule has 0 radical (unpaired) electrons. The zero-order valence-electron chi connectivity index (χ0n) is 6.70. The monoisotopic (exact) mass is 148 g/mol. The van der Waals surface area contributed by atoms with Crippen molar-refractivity contribution in [1.29, 1.82) is 0 Å². The van der Waals surface area contributed by atoms with Gasteiger partial charge in [0.05, 0.1) is 0 Å². The van der Waals surface area contributed by atoms with Crippen LogP contribution in [0.3, 0.4) is 0 Å². The van der Waals surface area contributed by atoms with Gasteiger partial charge in [-0.05, 0) is 12.2 Å². The molecule has 2 nitrogen and oxygen atoms in total. The maximum atomic E-state index is 4.14. The van der Waals surface area contributed by atoms with Crippen molar-refractivity contribution in [3.63, 3.8) is 0 Å². The molecule has 0 spiro atoms. The van der Waals surface area contributed by atoms with E-state index in [0.29, 0.717) is 6.67 Å². The Morgan fingerprint density at radius 2 is 2.27 bits per heavy atom. The maximum absolute atomic E-state index is 4.14. The Bertz CT molecular complexity index is 224. The summed E-state index contributed by atoms with van der Waals surface area (Å²) in [6.45, 7) is 4.54. The second kappa shape index (κ2) is 3.76. The average molecular weight is 148 g/mol. The molecule has 0 saturated carbocycles. The molecule has 0 unspecified atom stereocenters. The minimum Gasteiger partial charge on any atom is -0.356 e. The molecule has 11 heavy (non-hydrogen) atoms. The standard InChI is InChI=1S/C9H12N2/c1-9-6-4-3-5-7-10-8-11(9)2/h3-7H,1,8H2,2H3/b5-3-,6-4-,10-7+. The second-order valence-electron chi connectivity index (χ2n) is 2.41. The van der Waals surface area contributed by atoms with E-state index < -0.39 is 0 Å². The van der Waals surface area contributed by atoms with Crippen molar-refractivity contribution in [2.24, 2.45) is 4.99 Å². The SMILES string of the molecule is C=C1\C=C/C=C\C=N\CN1C. The first-order valence-electron chi connectivity index (χ1n) is 3.54. The van der Waals surface area contributed by atoms with Crippen molar-refractivity contribution >= 4 is 6.21 Å². The van der Waals surface area contributed by atoms with Gasteiger partial charge < -0.3 is 4.90 Å². The highest BCUT2D eigenvalue weighted by molar-refractivity contribution is 5.71. The molecular weight excluding hydrogens is 136 g/mol. The molecular formula is C9H12N2. The summed E-state index contributed by atoms with van der Waals surface area (Å²) < 4.78 is 0. The molecule has 0 bridgehead atoms. The molecule has 1 heterocycles. The Kier molecular flexibility index (Phi) is 2.66. The summed E-state index contributed by atoms with van der Waals surface area (Å²) in [6, 6.07) is 0. The molecule has 0 fully saturated rings. The molecule has 1 aliphatic rings. The van der Waals surface area contributed by atoms with Gasteiger partial charge in [-0.3, -0.25) is 4.99 Å². The fourth-order valence-electron chi connectivity index (χ4n) is 0.729. The van der Waals surface area contributed by atoms with Crippen molar-refractivity contribution < 1.29 is 0 Å². The molecule has 2 heteroatoms. The van der Waals surface area contributed by atoms with Crippen LogP contribution in [0.25, 0.3) is 0 Å². The molecule has 1 aliphatic heterocycles. The number of allylic oxidation sites excluding steroid dienone is 4. The van der Waals surface area contributed by atoms with Gasteiger partial charge in [-0.25, -0.2) is 0 Å². The number of rotatable bonds is 0. The van der Waals surface area contributed by atoms with Gasteiger partial charge in [-0.2, -0.15) is 0 Å². The number of hydrogen-bond donors (Lipinski definition) is 0. The summed E-state index contributed by atoms with van der Waals surface area (Å²) in [4.78, 5) is 6.12. The van der Waals surface area contributed by atoms with E-state index in [0.717, 1.165) is 5.70 Å². The molecule has 0 atom stereocenters. The van der Waals surface area contributed by atoms with Crippen molar-refractivity contribution in [2.75, 3.05) is 13.7 Å². The van der Waals surface area contributed by atoms with E-state index in [9.17, 15) is 0 Å². The molecule has 58 valence electrons. The lowest BCUT2D eigenvalue weighted by Crippen LogP contribution is -2.15. The summed E-state index contributed by atoms with van der Waals surface area (Å²) in [6.07, 6.45) is 9.55. The van der Waals surface area contributed by atoms with Gasteiger partial charge in [0.1, 0.15) is 6.67 Å². The van der Waals surface area contributed by atoms with E-state index in [1.807, 2.05) is 36.3 Å². The predicted octanol–water partition coefficient (Wildman–Crippen LogP) is 1.59. The zero-order chi connectivity index (χ0) is 8.10. The van der Waals surface area contributed by atoms with E-state index >= 15 is 0 Å². The molecule has 0 aromatic heterocycles. The minimum atomic E-state index is 0.674. The van der Waals surface area contributed by atoms with Gasteiger partial charge in [-0.15, -0.1) is 0 Å². The third kappa shape index (κ3) is 2.42. The van der Waals surface area contributed by atoms with Crippen molar-refractivity contribution in [2.45, 2.75) is 0 Å². The summed E-state index contributed by atoms with van der Waals surface area (Å²) in [5.41, 5.74) is 0.980. The van der Waals surface area contributed by atoms with Gasteiger partial charge >= 0.3 is 0 Å². The Hall–Kier alpha value is -1.31. The van der Waals surface area contributed by atoms with Crippen LogP contribution >= 0.6 is 0 Å². The van der Waals surface area contributed by atoms with Crippen LogP contribution in [0.5, 0.6) is 0 Å². The van der Waals surface area contributed by atoms with Crippen molar-refractivity contribution in [3.8, 4) is 0 Å². The fourth-order valence-corrected chi connectivity index (χ4v) is 0.729. The Labute approximate surface area is 67.2 Å². The van der Waals surface area contributed by atoms with E-state index in [2.05, 4.69) is 11.6 Å². The smallest absolute Gasteiger partial charge is 0.109 e. The van der Waals surface area contributed by atoms with Crippen molar-refractivity contribution in [1.82, 2.24) is 4.90 Å². The third-order valence-electron chi connectivity index (χ3n) is 1.49. The van der Waals surface area contributed by atoms with Crippen molar-refractivity contribution in [3.05, 3.63) is 36.6 Å². The highest BCUT2D eigenvalue weighted by Gasteiger charge is 1.94. The molecule has 0 N–H and O–H groups in total. The highest BCUT2D eigenvalue weighted by atomic mass is 15.2. The topological polar surface area (TPSA) is 15.6 Å². The highest BCUT2D eigenvalue weighted by Crippen LogP contribution is 2.00. The van der Waals surface area contributed by atoms with Crippen LogP contribution in [0.15, 0.2) is 41.6 Å². The number of hydrogen-bond acceptors (Lipinski definition) is 2. The Morgan fingerprint density at radius 1 is 1.45 bits per heavy atom. The molecule has 1 rings (SSSR count). The van der Waals surface area contributed by atoms with E-state index in [1.165, 1.54) is 0 Å². The maximum Gasteiger partial charge on any atom is 0.109 e. The quantitative estimate of drug-likeness (QED) is 0.509. The lowest BCUT2D eigenvalue weighted by Gasteiger charge is -2.15. The number of nitrogens with zero attached hydrogens (tertiary/aromatic N) is 2. The Morgan fingerprint density at radius 3 is 3.09 bits per heavy atom. The van der Waals surface area contributed by atoms with Crippen LogP contribution in [0.1, 0.15) is 0 Å². The van der Waals surface area contributed by atoms with Gasteiger partial charge in [-0.1, -0.05) is 18.7 Å². The predicted molar refractivity (Wildman–Crippen MR) is 48.5 cm³/mol. The van der Waals surface area contributed by atoms with E-state index in [-0.39, 0.29) is 0 Å². The number of likely N-dealkylation sites (N-methyl/N-ethyl adjacent to an activating group) is 1. The average Bonchev–Trinajstić information content (AvgIpc) is 2.07. The van der Waals surface area contributed by atoms with Gasteiger partial charge in [0.25, 0.3) is 0 Å². The fraction of sp³-hybridized carbons (Fsp3) is 0.222. The summed E-state index contributed by atoms with van der Waals surface area (Å²) in [5.74, 6) is 0. The van der Waals surface area contributed by atoms with Crippen LogP contribution in [0, 0.1) is 0 Å². The van der Waals surface area contributed by atoms with Crippen LogP contribution in [-0.4, -0.2) is 24.8 Å². The first-order valence-corrected chi connectivity index (χ1v) is 3.54. The van der Waals surface area contributed by atoms with Crippen LogP contribution in [0.2, 0.25) is 0 Å².